The van der Waals surface area contributed by atoms with Gasteiger partial charge in [0.15, 0.2) is 11.0 Å². The summed E-state index contributed by atoms with van der Waals surface area (Å²) < 4.78 is 40.3. The van der Waals surface area contributed by atoms with Gasteiger partial charge < -0.3 is 9.47 Å². The zero-order valence-corrected chi connectivity index (χ0v) is 20.8. The highest BCUT2D eigenvalue weighted by Gasteiger charge is 2.35. The van der Waals surface area contributed by atoms with Gasteiger partial charge in [-0.3, -0.25) is 9.97 Å². The summed E-state index contributed by atoms with van der Waals surface area (Å²) in [5.41, 5.74) is 1.56. The van der Waals surface area contributed by atoms with Gasteiger partial charge in [0.25, 0.3) is 0 Å². The fraction of sp³-hybridized carbons (Fsp3) is 0.364. The van der Waals surface area contributed by atoms with Crippen LogP contribution in [-0.2, 0) is 16.8 Å². The fourth-order valence-electron chi connectivity index (χ4n) is 3.25. The molecule has 0 spiro atoms. The molecule has 0 radical (unpaired) electrons. The van der Waals surface area contributed by atoms with E-state index < -0.39 is 10.2 Å². The van der Waals surface area contributed by atoms with E-state index in [0.29, 0.717) is 24.0 Å². The van der Waals surface area contributed by atoms with Gasteiger partial charge in [-0.15, -0.1) is 0 Å². The lowest BCUT2D eigenvalue weighted by molar-refractivity contribution is 0.307. The number of rotatable bonds is 10. The second kappa shape index (κ2) is 10.5. The monoisotopic (exact) mass is 502 g/mol. The van der Waals surface area contributed by atoms with Crippen molar-refractivity contribution in [2.24, 2.45) is 0 Å². The predicted octanol–water partition coefficient (Wildman–Crippen LogP) is 3.09. The van der Waals surface area contributed by atoms with Crippen molar-refractivity contribution in [2.75, 3.05) is 31.6 Å². The van der Waals surface area contributed by atoms with E-state index in [1.807, 2.05) is 19.1 Å². The first-order chi connectivity index (χ1) is 16.4. The van der Waals surface area contributed by atoms with Gasteiger partial charge in [0.05, 0.1) is 31.7 Å². The molecule has 0 N–H and O–H groups in total. The van der Waals surface area contributed by atoms with Crippen molar-refractivity contribution in [2.45, 2.75) is 30.3 Å². The lowest BCUT2D eigenvalue weighted by atomic mass is 10.2. The number of nitrogens with zero attached hydrogens (tertiary/aromatic N) is 6. The molecular formula is C22H26N6O4S2. The van der Waals surface area contributed by atoms with E-state index in [1.54, 1.807) is 37.8 Å². The Hall–Kier alpha value is -2.96. The average Bonchev–Trinajstić information content (AvgIpc) is 2.81. The van der Waals surface area contributed by atoms with Crippen LogP contribution in [0.15, 0.2) is 54.1 Å². The topological polar surface area (TPSA) is 111 Å². The summed E-state index contributed by atoms with van der Waals surface area (Å²) in [4.78, 5) is 17.5. The number of aromatic nitrogens is 4. The van der Waals surface area contributed by atoms with Gasteiger partial charge in [0.1, 0.15) is 5.75 Å². The van der Waals surface area contributed by atoms with Gasteiger partial charge in [-0.1, -0.05) is 23.9 Å². The summed E-state index contributed by atoms with van der Waals surface area (Å²) in [6.07, 6.45) is 5.75. The molecule has 4 rings (SSSR count). The van der Waals surface area contributed by atoms with Crippen molar-refractivity contribution in [1.82, 2.24) is 24.2 Å². The Balaban J connectivity index is 1.69. The van der Waals surface area contributed by atoms with Gasteiger partial charge in [-0.25, -0.2) is 9.29 Å². The molecule has 1 atom stereocenters. The van der Waals surface area contributed by atoms with Crippen LogP contribution in [0.4, 0.5) is 5.82 Å². The van der Waals surface area contributed by atoms with Crippen molar-refractivity contribution >= 4 is 27.8 Å². The average molecular weight is 503 g/mol. The summed E-state index contributed by atoms with van der Waals surface area (Å²) in [5.74, 6) is 1.21. The van der Waals surface area contributed by atoms with Gasteiger partial charge in [-0.2, -0.15) is 17.7 Å². The van der Waals surface area contributed by atoms with Crippen LogP contribution in [0, 0.1) is 0 Å². The smallest absolute Gasteiger partial charge is 0.305 e. The third-order valence-corrected chi connectivity index (χ3v) is 8.20. The Bertz CT molecular complexity index is 1210. The molecule has 10 nitrogen and oxygen atoms in total. The van der Waals surface area contributed by atoms with Crippen LogP contribution in [0.3, 0.4) is 0 Å². The molecule has 180 valence electrons. The van der Waals surface area contributed by atoms with Gasteiger partial charge in [-0.05, 0) is 31.0 Å². The molecule has 1 fully saturated rings. The van der Waals surface area contributed by atoms with Crippen molar-refractivity contribution in [3.63, 3.8) is 0 Å². The molecule has 34 heavy (non-hydrogen) atoms. The summed E-state index contributed by atoms with van der Waals surface area (Å²) in [7, 11) is -0.718. The molecular weight excluding hydrogens is 476 g/mol. The number of hydrogen-bond donors (Lipinski definition) is 0. The van der Waals surface area contributed by atoms with Crippen molar-refractivity contribution in [3.8, 4) is 11.6 Å². The Morgan fingerprint density at radius 1 is 1.12 bits per heavy atom. The number of anilines is 1. The van der Waals surface area contributed by atoms with Crippen LogP contribution in [0.25, 0.3) is 0 Å². The molecule has 1 aromatic carbocycles. The molecule has 0 amide bonds. The number of ether oxygens (including phenoxy) is 2. The highest BCUT2D eigenvalue weighted by molar-refractivity contribution is 7.99. The second-order valence-corrected chi connectivity index (χ2v) is 10.7. The van der Waals surface area contributed by atoms with Crippen LogP contribution in [-0.4, -0.2) is 60.0 Å². The predicted molar refractivity (Wildman–Crippen MR) is 129 cm³/mol. The summed E-state index contributed by atoms with van der Waals surface area (Å²) >= 11 is 1.35. The minimum atomic E-state index is -3.80. The van der Waals surface area contributed by atoms with Gasteiger partial charge in [0.2, 0.25) is 5.88 Å². The molecule has 0 bridgehead atoms. The van der Waals surface area contributed by atoms with Crippen LogP contribution < -0.4 is 13.8 Å². The lowest BCUT2D eigenvalue weighted by Gasteiger charge is -2.35. The Morgan fingerprint density at radius 2 is 1.88 bits per heavy atom. The van der Waals surface area contributed by atoms with Gasteiger partial charge in [0, 0.05) is 37.7 Å². The Morgan fingerprint density at radius 3 is 2.47 bits per heavy atom. The zero-order valence-electron chi connectivity index (χ0n) is 19.2. The third-order valence-electron chi connectivity index (χ3n) is 5.32. The fourth-order valence-corrected chi connectivity index (χ4v) is 5.74. The molecule has 0 saturated carbocycles. The molecule has 1 saturated heterocycles. The third kappa shape index (κ3) is 5.40. The number of benzene rings is 1. The van der Waals surface area contributed by atoms with Crippen molar-refractivity contribution in [3.05, 3.63) is 60.2 Å². The highest BCUT2D eigenvalue weighted by Crippen LogP contribution is 2.35. The van der Waals surface area contributed by atoms with E-state index in [2.05, 4.69) is 19.9 Å². The molecule has 12 heteroatoms. The number of hydrogen-bond acceptors (Lipinski definition) is 9. The van der Waals surface area contributed by atoms with E-state index in [4.69, 9.17) is 9.47 Å². The Labute approximate surface area is 203 Å². The summed E-state index contributed by atoms with van der Waals surface area (Å²) in [5, 5.41) is 0.279. The molecule has 1 aliphatic rings. The first kappa shape index (κ1) is 24.2. The van der Waals surface area contributed by atoms with Gasteiger partial charge >= 0.3 is 10.2 Å². The van der Waals surface area contributed by atoms with E-state index in [1.165, 1.54) is 33.5 Å². The van der Waals surface area contributed by atoms with Crippen molar-refractivity contribution < 1.29 is 17.9 Å². The van der Waals surface area contributed by atoms with E-state index >= 15 is 0 Å². The maximum Gasteiger partial charge on any atom is 0.305 e. The first-order valence-electron chi connectivity index (χ1n) is 10.7. The van der Waals surface area contributed by atoms with Crippen LogP contribution in [0.5, 0.6) is 11.6 Å². The normalized spacial score (nSPS) is 14.8. The molecule has 3 heterocycles. The molecule has 1 aliphatic heterocycles. The maximum absolute atomic E-state index is 13.5. The largest absolute Gasteiger partial charge is 0.497 e. The van der Waals surface area contributed by atoms with Crippen molar-refractivity contribution in [1.29, 1.82) is 0 Å². The minimum absolute atomic E-state index is 0.101. The van der Waals surface area contributed by atoms with Crippen LogP contribution in [0.1, 0.15) is 29.9 Å². The zero-order chi connectivity index (χ0) is 24.1. The molecule has 0 aliphatic carbocycles. The molecule has 2 aromatic heterocycles. The first-order valence-corrected chi connectivity index (χ1v) is 12.9. The van der Waals surface area contributed by atoms with E-state index in [-0.39, 0.29) is 23.5 Å². The van der Waals surface area contributed by atoms with Crippen LogP contribution >= 0.6 is 11.8 Å². The molecule has 3 aromatic rings. The standard InChI is InChI=1S/C22H26N6O4S2/c1-16(19-14-23-9-10-24-19)33-22-25-20(13-21(26-22)32-3)28(34(29,30)27-11-4-12-27)15-17-5-7-18(31-2)8-6-17/h5-10,13-14,16H,4,11-12,15H2,1-3H3. The Kier molecular flexibility index (Phi) is 7.49. The SMILES string of the molecule is COc1ccc(CN(c2cc(OC)nc(SC(C)c3cnccn3)n2)S(=O)(=O)N2CCC2)cc1. The number of methoxy groups -OCH3 is 2. The maximum atomic E-state index is 13.5. The minimum Gasteiger partial charge on any atom is -0.497 e. The molecule has 1 unspecified atom stereocenters. The quantitative estimate of drug-likeness (QED) is 0.305. The van der Waals surface area contributed by atoms with E-state index in [0.717, 1.165) is 17.7 Å². The lowest BCUT2D eigenvalue weighted by Crippen LogP contribution is -2.50. The highest BCUT2D eigenvalue weighted by atomic mass is 32.2. The second-order valence-electron chi connectivity index (χ2n) is 7.56. The van der Waals surface area contributed by atoms with E-state index in [9.17, 15) is 8.42 Å². The van der Waals surface area contributed by atoms with Crippen LogP contribution in [0.2, 0.25) is 0 Å². The number of thioether (sulfide) groups is 1. The summed E-state index contributed by atoms with van der Waals surface area (Å²) in [6, 6.07) is 8.81. The summed E-state index contributed by atoms with van der Waals surface area (Å²) in [6.45, 7) is 3.03.